The molecule has 0 amide bonds. The highest BCUT2D eigenvalue weighted by molar-refractivity contribution is 5.86. The van der Waals surface area contributed by atoms with Gasteiger partial charge in [0.05, 0.1) is 7.11 Å². The van der Waals surface area contributed by atoms with E-state index in [-0.39, 0.29) is 5.69 Å². The maximum absolute atomic E-state index is 11.0. The van der Waals surface area contributed by atoms with Gasteiger partial charge in [-0.15, -0.1) is 0 Å². The van der Waals surface area contributed by atoms with Crippen molar-refractivity contribution in [3.05, 3.63) is 17.5 Å². The van der Waals surface area contributed by atoms with Gasteiger partial charge >= 0.3 is 5.97 Å². The third kappa shape index (κ3) is 1.43. The van der Waals surface area contributed by atoms with Gasteiger partial charge in [-0.25, -0.2) is 4.79 Å². The first-order valence-corrected chi connectivity index (χ1v) is 4.36. The first kappa shape index (κ1) is 8.29. The Labute approximate surface area is 75.9 Å². The molecular weight excluding hydrogens is 170 g/mol. The minimum Gasteiger partial charge on any atom is -0.464 e. The Balaban J connectivity index is 2.12. The fourth-order valence-corrected chi connectivity index (χ4v) is 1.38. The van der Waals surface area contributed by atoms with E-state index < -0.39 is 5.97 Å². The lowest BCUT2D eigenvalue weighted by Crippen LogP contribution is -2.07. The minimum absolute atomic E-state index is 0.268. The van der Waals surface area contributed by atoms with Crippen LogP contribution in [0.2, 0.25) is 0 Å². The summed E-state index contributed by atoms with van der Waals surface area (Å²) in [6.07, 6.45) is 3.50. The van der Waals surface area contributed by atoms with Gasteiger partial charge in [0.15, 0.2) is 5.69 Å². The number of esters is 1. The second-order valence-corrected chi connectivity index (χ2v) is 3.23. The Hall–Kier alpha value is -1.32. The van der Waals surface area contributed by atoms with Crippen molar-refractivity contribution >= 4 is 5.97 Å². The standard InChI is InChI=1S/C9H11NO3/c1-12-9(11)7-5-8(13-10-7)6-3-2-4-6/h5-6H,2-4H2,1H3. The lowest BCUT2D eigenvalue weighted by atomic mass is 9.83. The molecule has 1 aliphatic carbocycles. The average molecular weight is 181 g/mol. The zero-order chi connectivity index (χ0) is 9.26. The molecule has 1 fully saturated rings. The molecule has 13 heavy (non-hydrogen) atoms. The monoisotopic (exact) mass is 181 g/mol. The first-order valence-electron chi connectivity index (χ1n) is 4.36. The third-order valence-electron chi connectivity index (χ3n) is 2.43. The largest absolute Gasteiger partial charge is 0.464 e. The van der Waals surface area contributed by atoms with Crippen molar-refractivity contribution in [2.24, 2.45) is 0 Å². The molecule has 0 radical (unpaired) electrons. The van der Waals surface area contributed by atoms with Crippen LogP contribution in [0.1, 0.15) is 41.4 Å². The summed E-state index contributed by atoms with van der Waals surface area (Å²) in [6, 6.07) is 1.68. The van der Waals surface area contributed by atoms with E-state index in [4.69, 9.17) is 4.52 Å². The molecule has 1 aromatic rings. The maximum Gasteiger partial charge on any atom is 0.360 e. The first-order chi connectivity index (χ1) is 6.31. The van der Waals surface area contributed by atoms with Crippen molar-refractivity contribution in [3.63, 3.8) is 0 Å². The normalized spacial score (nSPS) is 16.7. The number of aromatic nitrogens is 1. The molecular formula is C9H11NO3. The van der Waals surface area contributed by atoms with Gasteiger partial charge < -0.3 is 9.26 Å². The number of hydrogen-bond donors (Lipinski definition) is 0. The highest BCUT2D eigenvalue weighted by Crippen LogP contribution is 2.36. The number of methoxy groups -OCH3 is 1. The number of carbonyl (C=O) groups excluding carboxylic acids is 1. The van der Waals surface area contributed by atoms with Gasteiger partial charge in [-0.1, -0.05) is 11.6 Å². The van der Waals surface area contributed by atoms with E-state index in [1.54, 1.807) is 6.07 Å². The summed E-state index contributed by atoms with van der Waals surface area (Å²) < 4.78 is 9.56. The van der Waals surface area contributed by atoms with Crippen molar-refractivity contribution in [1.29, 1.82) is 0 Å². The summed E-state index contributed by atoms with van der Waals surface area (Å²) in [5.74, 6) is 0.840. The number of hydrogen-bond acceptors (Lipinski definition) is 4. The molecule has 1 saturated carbocycles. The second kappa shape index (κ2) is 3.20. The molecule has 0 N–H and O–H groups in total. The summed E-state index contributed by atoms with van der Waals surface area (Å²) in [6.45, 7) is 0. The van der Waals surface area contributed by atoms with Gasteiger partial charge in [0, 0.05) is 12.0 Å². The van der Waals surface area contributed by atoms with Crippen LogP contribution >= 0.6 is 0 Å². The van der Waals surface area contributed by atoms with E-state index in [9.17, 15) is 4.79 Å². The smallest absolute Gasteiger partial charge is 0.360 e. The molecule has 0 atom stereocenters. The molecule has 4 nitrogen and oxygen atoms in total. The third-order valence-corrected chi connectivity index (χ3v) is 2.43. The predicted molar refractivity (Wildman–Crippen MR) is 44.4 cm³/mol. The number of carbonyl (C=O) groups is 1. The molecule has 70 valence electrons. The molecule has 1 heterocycles. The molecule has 0 aromatic carbocycles. The van der Waals surface area contributed by atoms with Gasteiger partial charge in [0.1, 0.15) is 5.76 Å². The Morgan fingerprint density at radius 3 is 3.00 bits per heavy atom. The van der Waals surface area contributed by atoms with Gasteiger partial charge in [-0.05, 0) is 12.8 Å². The van der Waals surface area contributed by atoms with E-state index in [0.29, 0.717) is 5.92 Å². The van der Waals surface area contributed by atoms with Crippen LogP contribution < -0.4 is 0 Å². The molecule has 0 aliphatic heterocycles. The van der Waals surface area contributed by atoms with Crippen molar-refractivity contribution in [2.75, 3.05) is 7.11 Å². The molecule has 1 aliphatic rings. The Morgan fingerprint density at radius 1 is 1.69 bits per heavy atom. The van der Waals surface area contributed by atoms with Gasteiger partial charge in [0.2, 0.25) is 0 Å². The van der Waals surface area contributed by atoms with E-state index in [1.807, 2.05) is 0 Å². The summed E-state index contributed by atoms with van der Waals surface area (Å²) in [7, 11) is 1.33. The van der Waals surface area contributed by atoms with E-state index in [1.165, 1.54) is 13.5 Å². The zero-order valence-corrected chi connectivity index (χ0v) is 7.45. The number of nitrogens with zero attached hydrogens (tertiary/aromatic N) is 1. The van der Waals surface area contributed by atoms with Crippen LogP contribution in [-0.2, 0) is 4.74 Å². The summed E-state index contributed by atoms with van der Waals surface area (Å²) in [5, 5.41) is 3.64. The predicted octanol–water partition coefficient (Wildman–Crippen LogP) is 1.73. The number of rotatable bonds is 2. The highest BCUT2D eigenvalue weighted by atomic mass is 16.5. The van der Waals surface area contributed by atoms with Crippen LogP contribution in [0, 0.1) is 0 Å². The van der Waals surface area contributed by atoms with Crippen molar-refractivity contribution < 1.29 is 14.1 Å². The Morgan fingerprint density at radius 2 is 2.46 bits per heavy atom. The SMILES string of the molecule is COC(=O)c1cc(C2CCC2)on1. The number of ether oxygens (including phenoxy) is 1. The van der Waals surface area contributed by atoms with E-state index >= 15 is 0 Å². The Kier molecular flexibility index (Phi) is 2.04. The maximum atomic E-state index is 11.0. The molecule has 2 rings (SSSR count). The van der Waals surface area contributed by atoms with E-state index in [0.717, 1.165) is 18.6 Å². The van der Waals surface area contributed by atoms with Gasteiger partial charge in [-0.3, -0.25) is 0 Å². The fraction of sp³-hybridized carbons (Fsp3) is 0.556. The zero-order valence-electron chi connectivity index (χ0n) is 7.45. The minimum atomic E-state index is -0.436. The van der Waals surface area contributed by atoms with Crippen LogP contribution in [-0.4, -0.2) is 18.2 Å². The van der Waals surface area contributed by atoms with Crippen LogP contribution in [0.15, 0.2) is 10.6 Å². The molecule has 0 unspecified atom stereocenters. The van der Waals surface area contributed by atoms with Crippen LogP contribution in [0.4, 0.5) is 0 Å². The highest BCUT2D eigenvalue weighted by Gasteiger charge is 2.25. The topological polar surface area (TPSA) is 52.3 Å². The van der Waals surface area contributed by atoms with Crippen molar-refractivity contribution in [3.8, 4) is 0 Å². The lowest BCUT2D eigenvalue weighted by Gasteiger charge is -2.21. The second-order valence-electron chi connectivity index (χ2n) is 3.23. The van der Waals surface area contributed by atoms with Crippen LogP contribution in [0.25, 0.3) is 0 Å². The summed E-state index contributed by atoms with van der Waals surface area (Å²) in [4.78, 5) is 11.0. The molecule has 0 bridgehead atoms. The van der Waals surface area contributed by atoms with Gasteiger partial charge in [-0.2, -0.15) is 0 Å². The van der Waals surface area contributed by atoms with Gasteiger partial charge in [0.25, 0.3) is 0 Å². The molecule has 4 heteroatoms. The molecule has 0 saturated heterocycles. The fourth-order valence-electron chi connectivity index (χ4n) is 1.38. The lowest BCUT2D eigenvalue weighted by molar-refractivity contribution is 0.0589. The summed E-state index contributed by atoms with van der Waals surface area (Å²) in [5.41, 5.74) is 0.268. The van der Waals surface area contributed by atoms with Crippen LogP contribution in [0.5, 0.6) is 0 Å². The quantitative estimate of drug-likeness (QED) is 0.652. The molecule has 0 spiro atoms. The Bertz CT molecular complexity index is 314. The van der Waals surface area contributed by atoms with E-state index in [2.05, 4.69) is 9.89 Å². The summed E-state index contributed by atoms with van der Waals surface area (Å²) >= 11 is 0. The molecule has 1 aromatic heterocycles. The van der Waals surface area contributed by atoms with Crippen LogP contribution in [0.3, 0.4) is 0 Å². The van der Waals surface area contributed by atoms with Crippen molar-refractivity contribution in [2.45, 2.75) is 25.2 Å². The average Bonchev–Trinajstić information content (AvgIpc) is 2.49. The van der Waals surface area contributed by atoms with Crippen molar-refractivity contribution in [1.82, 2.24) is 5.16 Å².